The predicted octanol–water partition coefficient (Wildman–Crippen LogP) is 2.76. The van der Waals surface area contributed by atoms with E-state index in [1.807, 2.05) is 38.9 Å². The van der Waals surface area contributed by atoms with Gasteiger partial charge in [-0.3, -0.25) is 4.79 Å². The van der Waals surface area contributed by atoms with Gasteiger partial charge in [0, 0.05) is 6.54 Å². The minimum atomic E-state index is -0.500. The Morgan fingerprint density at radius 3 is 2.39 bits per heavy atom. The van der Waals surface area contributed by atoms with Crippen LogP contribution in [0.3, 0.4) is 0 Å². The van der Waals surface area contributed by atoms with Crippen LogP contribution in [0.15, 0.2) is 24.3 Å². The molecule has 0 heterocycles. The molecule has 0 aliphatic carbocycles. The first-order valence-corrected chi connectivity index (χ1v) is 7.26. The fourth-order valence-electron chi connectivity index (χ4n) is 2.26. The highest BCUT2D eigenvalue weighted by Crippen LogP contribution is 2.18. The monoisotopic (exact) mass is 367 g/mol. The fraction of sp³-hybridized carbons (Fsp3) is 0.562. The van der Waals surface area contributed by atoms with Gasteiger partial charge < -0.3 is 16.0 Å². The molecule has 0 bridgehead atoms. The topological polar surface area (TPSA) is 58.4 Å². The molecule has 4 nitrogen and oxygen atoms in total. The first-order chi connectivity index (χ1) is 9.81. The minimum absolute atomic E-state index is 0. The highest BCUT2D eigenvalue weighted by molar-refractivity contribution is 5.85. The van der Waals surface area contributed by atoms with Crippen molar-refractivity contribution in [2.24, 2.45) is 11.7 Å². The summed E-state index contributed by atoms with van der Waals surface area (Å²) < 4.78 is 13.3. The van der Waals surface area contributed by atoms with Crippen LogP contribution in [-0.4, -0.2) is 37.5 Å². The van der Waals surface area contributed by atoms with Gasteiger partial charge in [-0.15, -0.1) is 24.8 Å². The Labute approximate surface area is 150 Å². The fourth-order valence-corrected chi connectivity index (χ4v) is 2.26. The molecule has 0 aliphatic rings. The van der Waals surface area contributed by atoms with Crippen LogP contribution in [0.1, 0.15) is 31.9 Å². The zero-order valence-electron chi connectivity index (χ0n) is 14.1. The van der Waals surface area contributed by atoms with Crippen LogP contribution in [0.4, 0.5) is 4.39 Å². The van der Waals surface area contributed by atoms with Crippen LogP contribution in [0.25, 0.3) is 0 Å². The quantitative estimate of drug-likeness (QED) is 0.778. The molecule has 0 spiro atoms. The molecule has 3 N–H and O–H groups in total. The number of carbonyl (C=O) groups excluding carboxylic acids is 1. The molecular formula is C16H28Cl2FN3O. The Bertz CT molecular complexity index is 472. The number of hydrogen-bond acceptors (Lipinski definition) is 3. The Hall–Kier alpha value is -0.880. The van der Waals surface area contributed by atoms with Gasteiger partial charge in [-0.2, -0.15) is 0 Å². The van der Waals surface area contributed by atoms with Gasteiger partial charge in [0.15, 0.2) is 0 Å². The van der Waals surface area contributed by atoms with Gasteiger partial charge in [0.2, 0.25) is 5.91 Å². The number of nitrogens with one attached hydrogen (secondary N) is 1. The van der Waals surface area contributed by atoms with E-state index in [-0.39, 0.29) is 42.6 Å². The molecule has 0 aromatic heterocycles. The molecule has 1 rings (SSSR count). The maximum Gasteiger partial charge on any atom is 0.236 e. The van der Waals surface area contributed by atoms with E-state index in [0.717, 1.165) is 5.56 Å². The smallest absolute Gasteiger partial charge is 0.236 e. The van der Waals surface area contributed by atoms with E-state index in [2.05, 4.69) is 5.32 Å². The van der Waals surface area contributed by atoms with Crippen LogP contribution in [0.2, 0.25) is 0 Å². The van der Waals surface area contributed by atoms with Crippen molar-refractivity contribution in [1.82, 2.24) is 10.2 Å². The van der Waals surface area contributed by atoms with E-state index in [9.17, 15) is 9.18 Å². The largest absolute Gasteiger partial charge is 0.353 e. The number of rotatable bonds is 7. The van der Waals surface area contributed by atoms with Crippen LogP contribution in [0, 0.1) is 11.7 Å². The van der Waals surface area contributed by atoms with Crippen LogP contribution in [-0.2, 0) is 4.79 Å². The lowest BCUT2D eigenvalue weighted by Crippen LogP contribution is -2.44. The number of benzene rings is 1. The van der Waals surface area contributed by atoms with Crippen LogP contribution < -0.4 is 11.1 Å². The number of nitrogens with two attached hydrogens (primary N) is 1. The summed E-state index contributed by atoms with van der Waals surface area (Å²) in [5, 5.41) is 2.86. The van der Waals surface area contributed by atoms with Crippen molar-refractivity contribution in [3.8, 4) is 0 Å². The van der Waals surface area contributed by atoms with Crippen molar-refractivity contribution >= 4 is 30.7 Å². The maximum atomic E-state index is 13.3. The molecular weight excluding hydrogens is 340 g/mol. The lowest BCUT2D eigenvalue weighted by atomic mass is 10.0. The van der Waals surface area contributed by atoms with Crippen LogP contribution in [0.5, 0.6) is 0 Å². The third-order valence-electron chi connectivity index (χ3n) is 3.39. The normalized spacial score (nSPS) is 13.0. The molecule has 2 atom stereocenters. The number of nitrogens with zero attached hydrogens (tertiary/aromatic N) is 1. The second kappa shape index (κ2) is 11.6. The van der Waals surface area contributed by atoms with Crippen molar-refractivity contribution in [3.05, 3.63) is 35.6 Å². The van der Waals surface area contributed by atoms with Crippen molar-refractivity contribution in [3.63, 3.8) is 0 Å². The molecule has 1 aromatic carbocycles. The Balaban J connectivity index is 0. The molecule has 23 heavy (non-hydrogen) atoms. The van der Waals surface area contributed by atoms with E-state index >= 15 is 0 Å². The highest BCUT2D eigenvalue weighted by Gasteiger charge is 2.19. The molecule has 0 fully saturated rings. The summed E-state index contributed by atoms with van der Waals surface area (Å²) >= 11 is 0. The van der Waals surface area contributed by atoms with Crippen molar-refractivity contribution in [1.29, 1.82) is 0 Å². The first kappa shape index (κ1) is 24.4. The van der Waals surface area contributed by atoms with Crippen LogP contribution >= 0.6 is 24.8 Å². The second-order valence-corrected chi connectivity index (χ2v) is 6.02. The molecule has 1 unspecified atom stereocenters. The Kier molecular flexibility index (Phi) is 12.3. The lowest BCUT2D eigenvalue weighted by molar-refractivity contribution is -0.122. The molecule has 0 radical (unpaired) electrons. The third-order valence-corrected chi connectivity index (χ3v) is 3.39. The number of hydrogen-bond donors (Lipinski definition) is 2. The van der Waals surface area contributed by atoms with E-state index in [1.54, 1.807) is 6.07 Å². The zero-order valence-corrected chi connectivity index (χ0v) is 15.7. The summed E-state index contributed by atoms with van der Waals surface area (Å²) in [6.45, 7) is 4.46. The van der Waals surface area contributed by atoms with Gasteiger partial charge in [0.25, 0.3) is 0 Å². The van der Waals surface area contributed by atoms with Gasteiger partial charge in [0.1, 0.15) is 5.82 Å². The third kappa shape index (κ3) is 8.51. The molecule has 0 saturated carbocycles. The van der Waals surface area contributed by atoms with Gasteiger partial charge in [-0.05, 0) is 44.1 Å². The van der Waals surface area contributed by atoms with Crippen molar-refractivity contribution < 1.29 is 9.18 Å². The average molecular weight is 368 g/mol. The molecule has 7 heteroatoms. The molecule has 134 valence electrons. The number of amides is 1. The second-order valence-electron chi connectivity index (χ2n) is 6.02. The Morgan fingerprint density at radius 2 is 1.91 bits per heavy atom. The van der Waals surface area contributed by atoms with Gasteiger partial charge in [-0.25, -0.2) is 4.39 Å². The summed E-state index contributed by atoms with van der Waals surface area (Å²) in [6, 6.07) is 5.84. The Morgan fingerprint density at radius 1 is 1.30 bits per heavy atom. The van der Waals surface area contributed by atoms with E-state index in [0.29, 0.717) is 18.9 Å². The maximum absolute atomic E-state index is 13.3. The molecule has 1 aromatic rings. The first-order valence-electron chi connectivity index (χ1n) is 7.26. The highest BCUT2D eigenvalue weighted by atomic mass is 35.5. The summed E-state index contributed by atoms with van der Waals surface area (Å²) in [7, 11) is 3.80. The molecule has 0 aliphatic heterocycles. The van der Waals surface area contributed by atoms with E-state index < -0.39 is 6.04 Å². The molecule has 1 amide bonds. The minimum Gasteiger partial charge on any atom is -0.353 e. The van der Waals surface area contributed by atoms with E-state index in [1.165, 1.54) is 12.1 Å². The van der Waals surface area contributed by atoms with Gasteiger partial charge >= 0.3 is 0 Å². The zero-order chi connectivity index (χ0) is 16.0. The van der Waals surface area contributed by atoms with Crippen molar-refractivity contribution in [2.75, 3.05) is 20.6 Å². The van der Waals surface area contributed by atoms with Crippen molar-refractivity contribution in [2.45, 2.75) is 32.4 Å². The lowest BCUT2D eigenvalue weighted by Gasteiger charge is -2.26. The van der Waals surface area contributed by atoms with E-state index in [4.69, 9.17) is 5.73 Å². The van der Waals surface area contributed by atoms with Gasteiger partial charge in [0.05, 0.1) is 12.1 Å². The predicted molar refractivity (Wildman–Crippen MR) is 97.8 cm³/mol. The summed E-state index contributed by atoms with van der Waals surface area (Å²) in [6.07, 6.45) is 0.651. The standard InChI is InChI=1S/C16H26FN3O.2ClH/c1-11(2)8-14(18)16(21)19-10-15(20(3)4)12-6-5-7-13(17)9-12;;/h5-7,9,11,14-15H,8,10,18H2,1-4H3,(H,19,21);2*1H/t14-,15?;;/m0../s1. The van der Waals surface area contributed by atoms with Gasteiger partial charge in [-0.1, -0.05) is 26.0 Å². The summed E-state index contributed by atoms with van der Waals surface area (Å²) in [5.41, 5.74) is 6.69. The average Bonchev–Trinajstić information content (AvgIpc) is 2.37. The number of halogens is 3. The summed E-state index contributed by atoms with van der Waals surface area (Å²) in [4.78, 5) is 13.9. The molecule has 0 saturated heterocycles. The summed E-state index contributed by atoms with van der Waals surface area (Å²) in [5.74, 6) is -0.0623. The SMILES string of the molecule is CC(C)C[C@H](N)C(=O)NCC(c1cccc(F)c1)N(C)C.Cl.Cl. The number of carbonyl (C=O) groups is 1. The number of likely N-dealkylation sites (N-methyl/N-ethyl adjacent to an activating group) is 1.